The monoisotopic (exact) mass is 831 g/mol. The second-order valence-corrected chi connectivity index (χ2v) is 17.1. The van der Waals surface area contributed by atoms with Crippen molar-refractivity contribution in [2.45, 2.75) is 5.41 Å². The van der Waals surface area contributed by atoms with E-state index in [2.05, 4.69) is 229 Å². The summed E-state index contributed by atoms with van der Waals surface area (Å²) in [6.07, 6.45) is 0. The number of ether oxygens (including phenoxy) is 1. The molecule has 0 radical (unpaired) electrons. The average molecular weight is 832 g/mol. The molecule has 14 rings (SSSR count). The third-order valence-corrected chi connectivity index (χ3v) is 13.7. The zero-order valence-corrected chi connectivity index (χ0v) is 35.0. The van der Waals surface area contributed by atoms with E-state index in [4.69, 9.17) is 13.6 Å². The van der Waals surface area contributed by atoms with Gasteiger partial charge in [-0.25, -0.2) is 0 Å². The van der Waals surface area contributed by atoms with Crippen LogP contribution in [0.2, 0.25) is 0 Å². The summed E-state index contributed by atoms with van der Waals surface area (Å²) in [7, 11) is 0. The average Bonchev–Trinajstić information content (AvgIpc) is 4.04. The Balaban J connectivity index is 1.10. The first kappa shape index (κ1) is 35.9. The van der Waals surface area contributed by atoms with E-state index in [1.807, 2.05) is 0 Å². The molecule has 65 heavy (non-hydrogen) atoms. The Morgan fingerprint density at radius 3 is 1.71 bits per heavy atom. The maximum Gasteiger partial charge on any atom is 0.159 e. The zero-order valence-electron chi connectivity index (χ0n) is 35.0. The van der Waals surface area contributed by atoms with Gasteiger partial charge in [-0.15, -0.1) is 0 Å². The minimum atomic E-state index is -0.645. The van der Waals surface area contributed by atoms with Crippen LogP contribution in [0.5, 0.6) is 11.5 Å². The van der Waals surface area contributed by atoms with E-state index in [-0.39, 0.29) is 0 Å². The van der Waals surface area contributed by atoms with Crippen LogP contribution in [0.25, 0.3) is 77.3 Å². The van der Waals surface area contributed by atoms with Crippen LogP contribution in [0.1, 0.15) is 22.3 Å². The summed E-state index contributed by atoms with van der Waals surface area (Å²) >= 11 is 0. The molecule has 1 aliphatic heterocycles. The highest BCUT2D eigenvalue weighted by Crippen LogP contribution is 2.64. The van der Waals surface area contributed by atoms with Crippen LogP contribution in [0, 0.1) is 0 Å². The highest BCUT2D eigenvalue weighted by molar-refractivity contribution is 6.19. The SMILES string of the molecule is c1ccc(-c2ccc3oc4cccc(N(c5cccc6c5Oc5ccccc5C65c6ccccc6-c6ccccc65)c5cccc6c5oc5cccc(-c7ccccc7)c56)c4c3c2)cc1. The predicted molar refractivity (Wildman–Crippen MR) is 264 cm³/mol. The summed E-state index contributed by atoms with van der Waals surface area (Å²) in [5.41, 5.74) is 17.0. The summed E-state index contributed by atoms with van der Waals surface area (Å²) in [5.74, 6) is 1.61. The van der Waals surface area contributed by atoms with Crippen LogP contribution in [0.3, 0.4) is 0 Å². The van der Waals surface area contributed by atoms with Gasteiger partial charge in [-0.1, -0.05) is 176 Å². The fourth-order valence-electron chi connectivity index (χ4n) is 11.1. The fourth-order valence-corrected chi connectivity index (χ4v) is 11.1. The number of hydrogen-bond acceptors (Lipinski definition) is 4. The quantitative estimate of drug-likeness (QED) is 0.173. The highest BCUT2D eigenvalue weighted by Gasteiger charge is 2.51. The molecule has 0 amide bonds. The van der Waals surface area contributed by atoms with Crippen molar-refractivity contribution in [3.05, 3.63) is 247 Å². The molecule has 0 N–H and O–H groups in total. The summed E-state index contributed by atoms with van der Waals surface area (Å²) in [6.45, 7) is 0. The van der Waals surface area contributed by atoms with E-state index in [9.17, 15) is 0 Å². The van der Waals surface area contributed by atoms with E-state index >= 15 is 0 Å². The molecular weight excluding hydrogens is 795 g/mol. The number of anilines is 3. The molecule has 304 valence electrons. The molecule has 0 bridgehead atoms. The molecular formula is C61H37NO3. The van der Waals surface area contributed by atoms with Gasteiger partial charge in [0.2, 0.25) is 0 Å². The number of nitrogens with zero attached hydrogens (tertiary/aromatic N) is 1. The first-order valence-electron chi connectivity index (χ1n) is 22.2. The molecule has 4 heteroatoms. The predicted octanol–water partition coefficient (Wildman–Crippen LogP) is 16.8. The lowest BCUT2D eigenvalue weighted by Gasteiger charge is -2.41. The van der Waals surface area contributed by atoms with Gasteiger partial charge in [0.25, 0.3) is 0 Å². The molecule has 3 heterocycles. The molecule has 0 unspecified atom stereocenters. The Labute approximate surface area is 374 Å². The van der Waals surface area contributed by atoms with Crippen molar-refractivity contribution in [1.29, 1.82) is 0 Å². The molecule has 10 aromatic carbocycles. The van der Waals surface area contributed by atoms with Gasteiger partial charge in [0.1, 0.15) is 22.5 Å². The largest absolute Gasteiger partial charge is 0.456 e. The molecule has 12 aromatic rings. The van der Waals surface area contributed by atoms with E-state index in [0.717, 1.165) is 106 Å². The number of hydrogen-bond donors (Lipinski definition) is 0. The molecule has 2 aliphatic rings. The summed E-state index contributed by atoms with van der Waals surface area (Å²) in [5, 5.41) is 4.13. The standard InChI is InChI=1S/C61H37NO3/c1-3-17-38(18-4-1)40-35-36-53-45(37-40)58-50(29-16-34-56(58)63-53)62(51-30-13-24-44-57-41(39-19-5-2-6-20-39)23-14-33-55(57)65-59(44)51)52-31-15-28-49-60(52)64-54-32-12-11-27-48(54)61(49)46-25-9-7-21-42(46)43-22-8-10-26-47(43)61/h1-37H. The minimum absolute atomic E-state index is 0.645. The van der Waals surface area contributed by atoms with Gasteiger partial charge < -0.3 is 18.5 Å². The Morgan fingerprint density at radius 2 is 0.923 bits per heavy atom. The first-order chi connectivity index (χ1) is 32.3. The molecule has 0 atom stereocenters. The van der Waals surface area contributed by atoms with Crippen LogP contribution in [0.15, 0.2) is 233 Å². The third-order valence-electron chi connectivity index (χ3n) is 13.7. The molecule has 2 aromatic heterocycles. The van der Waals surface area contributed by atoms with Crippen molar-refractivity contribution in [2.75, 3.05) is 4.90 Å². The molecule has 4 nitrogen and oxygen atoms in total. The smallest absolute Gasteiger partial charge is 0.159 e. The number of furan rings is 2. The van der Waals surface area contributed by atoms with Crippen molar-refractivity contribution in [2.24, 2.45) is 0 Å². The van der Waals surface area contributed by atoms with Crippen LogP contribution in [-0.4, -0.2) is 0 Å². The number of rotatable bonds is 5. The second kappa shape index (κ2) is 13.7. The van der Waals surface area contributed by atoms with Gasteiger partial charge in [-0.05, 0) is 93.0 Å². The molecule has 1 aliphatic carbocycles. The maximum atomic E-state index is 7.36. The zero-order chi connectivity index (χ0) is 42.6. The maximum absolute atomic E-state index is 7.36. The Hall–Kier alpha value is -8.60. The van der Waals surface area contributed by atoms with Gasteiger partial charge in [0.05, 0.1) is 27.9 Å². The Kier molecular flexibility index (Phi) is 7.57. The lowest BCUT2D eigenvalue weighted by molar-refractivity contribution is 0.437. The lowest BCUT2D eigenvalue weighted by Crippen LogP contribution is -2.32. The third kappa shape index (κ3) is 5.02. The summed E-state index contributed by atoms with van der Waals surface area (Å²) in [6, 6.07) is 79.8. The first-order valence-corrected chi connectivity index (χ1v) is 22.2. The summed E-state index contributed by atoms with van der Waals surface area (Å²) < 4.78 is 21.2. The van der Waals surface area contributed by atoms with E-state index < -0.39 is 5.41 Å². The van der Waals surface area contributed by atoms with Gasteiger partial charge >= 0.3 is 0 Å². The lowest BCUT2D eigenvalue weighted by atomic mass is 9.66. The van der Waals surface area contributed by atoms with Crippen LogP contribution < -0.4 is 9.64 Å². The number of benzene rings is 10. The van der Waals surface area contributed by atoms with Crippen molar-refractivity contribution < 1.29 is 13.6 Å². The van der Waals surface area contributed by atoms with Gasteiger partial charge in [-0.2, -0.15) is 0 Å². The Morgan fingerprint density at radius 1 is 0.338 bits per heavy atom. The summed E-state index contributed by atoms with van der Waals surface area (Å²) in [4.78, 5) is 2.35. The van der Waals surface area contributed by atoms with Crippen molar-refractivity contribution in [3.63, 3.8) is 0 Å². The molecule has 0 fully saturated rings. The number of fused-ring (bicyclic) bond motifs is 15. The highest BCUT2D eigenvalue weighted by atomic mass is 16.5. The molecule has 1 spiro atoms. The fraction of sp³-hybridized carbons (Fsp3) is 0.0164. The van der Waals surface area contributed by atoms with Crippen LogP contribution >= 0.6 is 0 Å². The van der Waals surface area contributed by atoms with E-state index in [1.54, 1.807) is 0 Å². The molecule has 0 saturated carbocycles. The van der Waals surface area contributed by atoms with E-state index in [1.165, 1.54) is 22.3 Å². The van der Waals surface area contributed by atoms with Crippen LogP contribution in [-0.2, 0) is 5.41 Å². The van der Waals surface area contributed by atoms with Crippen molar-refractivity contribution >= 4 is 60.9 Å². The second-order valence-electron chi connectivity index (χ2n) is 17.1. The van der Waals surface area contributed by atoms with Gasteiger partial charge in [0.15, 0.2) is 11.3 Å². The topological polar surface area (TPSA) is 38.8 Å². The molecule has 0 saturated heterocycles. The Bertz CT molecular complexity index is 3830. The number of para-hydroxylation sites is 3. The van der Waals surface area contributed by atoms with Gasteiger partial charge in [-0.3, -0.25) is 0 Å². The van der Waals surface area contributed by atoms with Gasteiger partial charge in [0, 0.05) is 27.3 Å². The van der Waals surface area contributed by atoms with Crippen molar-refractivity contribution in [1.82, 2.24) is 0 Å². The van der Waals surface area contributed by atoms with Crippen molar-refractivity contribution in [3.8, 4) is 44.9 Å². The minimum Gasteiger partial charge on any atom is -0.456 e. The normalized spacial score (nSPS) is 13.2. The van der Waals surface area contributed by atoms with Crippen LogP contribution in [0.4, 0.5) is 17.1 Å². The van der Waals surface area contributed by atoms with E-state index in [0.29, 0.717) is 0 Å².